The van der Waals surface area contributed by atoms with Gasteiger partial charge in [-0.15, -0.1) is 0 Å². The van der Waals surface area contributed by atoms with Crippen LogP contribution in [0.2, 0.25) is 33.2 Å². The number of nitrogens with zero attached hydrogens (tertiary/aromatic N) is 3. The molecule has 298 valence electrons. The predicted octanol–water partition coefficient (Wildman–Crippen LogP) is 14.1. The fraction of sp³-hybridized carbons (Fsp3) is 0.590. The van der Waals surface area contributed by atoms with Crippen LogP contribution in [0.1, 0.15) is 112 Å². The van der Waals surface area contributed by atoms with Gasteiger partial charge in [0.2, 0.25) is 16.6 Å². The Morgan fingerprint density at radius 1 is 0.635 bits per heavy atom. The van der Waals surface area contributed by atoms with Crippen LogP contribution in [-0.2, 0) is 43.1 Å². The molecular formula is C39H66BF4N3O2PtSi2. The van der Waals surface area contributed by atoms with E-state index in [-0.39, 0.29) is 28.5 Å². The molecule has 2 aromatic rings. The fourth-order valence-electron chi connectivity index (χ4n) is 7.66. The van der Waals surface area contributed by atoms with Gasteiger partial charge in [-0.1, -0.05) is 119 Å². The number of nitriles is 1. The van der Waals surface area contributed by atoms with Crippen LogP contribution in [0.4, 0.5) is 28.6 Å². The smallest absolute Gasteiger partial charge is 0.418 e. The molecule has 13 heteroatoms. The topological polar surface area (TPSA) is 67.0 Å². The second kappa shape index (κ2) is 25.2. The summed E-state index contributed by atoms with van der Waals surface area (Å²) in [5, 5.41) is 7.32. The summed E-state index contributed by atoms with van der Waals surface area (Å²) >= 11 is 0. The number of hydrogen-bond acceptors (Lipinski definition) is 5. The first-order chi connectivity index (χ1) is 23.0. The summed E-state index contributed by atoms with van der Waals surface area (Å²) in [5.74, 6) is 0. The molecule has 0 bridgehead atoms. The van der Waals surface area contributed by atoms with Gasteiger partial charge in [-0.3, -0.25) is 9.98 Å². The molecule has 0 spiro atoms. The normalized spacial score (nSPS) is 12.2. The van der Waals surface area contributed by atoms with Crippen LogP contribution in [0.5, 0.6) is 0 Å². The number of aryl methyl sites for hydroxylation is 2. The van der Waals surface area contributed by atoms with Crippen molar-refractivity contribution < 1.29 is 47.2 Å². The van der Waals surface area contributed by atoms with Gasteiger partial charge in [-0.25, -0.2) is 0 Å². The van der Waals surface area contributed by atoms with E-state index in [1.807, 2.05) is 12.4 Å². The zero-order chi connectivity index (χ0) is 39.0. The average molecular weight is 947 g/mol. The van der Waals surface area contributed by atoms with Crippen LogP contribution in [0.3, 0.4) is 0 Å². The van der Waals surface area contributed by atoms with Crippen molar-refractivity contribution in [2.75, 3.05) is 0 Å². The summed E-state index contributed by atoms with van der Waals surface area (Å²) in [6, 6.07) is 14.5. The van der Waals surface area contributed by atoms with Crippen molar-refractivity contribution in [1.82, 2.24) is 0 Å². The number of aliphatic imine (C=N–C) groups is 2. The second-order valence-electron chi connectivity index (χ2n) is 14.7. The van der Waals surface area contributed by atoms with Crippen LogP contribution in [-0.4, -0.2) is 36.3 Å². The minimum absolute atomic E-state index is 0. The third-order valence-electron chi connectivity index (χ3n) is 9.49. The fourth-order valence-corrected chi connectivity index (χ4v) is 18.5. The summed E-state index contributed by atoms with van der Waals surface area (Å²) in [6.45, 7) is 34.9. The largest absolute Gasteiger partial charge is 2.00 e. The molecule has 0 atom stereocenters. The third kappa shape index (κ3) is 16.2. The van der Waals surface area contributed by atoms with E-state index in [0.29, 0.717) is 46.5 Å². The predicted molar refractivity (Wildman–Crippen MR) is 218 cm³/mol. The zero-order valence-electron chi connectivity index (χ0n) is 34.6. The molecule has 0 radical (unpaired) electrons. The van der Waals surface area contributed by atoms with Crippen molar-refractivity contribution >= 4 is 47.7 Å². The Bertz CT molecular complexity index is 1270. The van der Waals surface area contributed by atoms with Gasteiger partial charge in [0.05, 0.1) is 30.7 Å². The maximum Gasteiger partial charge on any atom is 2.00 e. The van der Waals surface area contributed by atoms with Crippen molar-refractivity contribution in [3.05, 3.63) is 66.1 Å². The standard InChI is InChI=1S/C36H60N2O2Si2.C2H3N.CH3.BF4.Pt/c1-25(2)41(26(3)4,27(5)6)39-23-33-19-15-17-31(13)35(33)37-21-22-38-36-32(14)18-16-20-34(36)24-40-42(28(7)8,29(9)10)30(11)12;1-2-3;;2-1(3,4)5;/h15-22,25-30H,23-24H2,1-14H3;1H3;1H3;;/q;;2*-1;+2. The second-order valence-corrected chi connectivity index (χ2v) is 25.6. The SMILES string of the molecule is CC#N.Cc1cccc(CO[Si](C(C)C)(C(C)C)C(C)C)c1N=CC=Nc1c(C)cccc1CO[Si](C(C)C)(C(C)C)C(C)C.F[B-](F)(F)F.[CH3-].[Pt+2]. The Balaban J connectivity index is -0.00000217. The van der Waals surface area contributed by atoms with Crippen LogP contribution in [0.25, 0.3) is 0 Å². The first kappa shape index (κ1) is 54.4. The maximum absolute atomic E-state index is 9.75. The van der Waals surface area contributed by atoms with Crippen LogP contribution in [0.15, 0.2) is 46.4 Å². The molecule has 0 N–H and O–H groups in total. The Morgan fingerprint density at radius 3 is 1.08 bits per heavy atom. The van der Waals surface area contributed by atoms with Crippen molar-refractivity contribution in [1.29, 1.82) is 5.26 Å². The van der Waals surface area contributed by atoms with E-state index < -0.39 is 23.9 Å². The summed E-state index contributed by atoms with van der Waals surface area (Å²) in [7, 11) is -9.95. The number of para-hydroxylation sites is 2. The van der Waals surface area contributed by atoms with E-state index in [0.717, 1.165) is 33.6 Å². The van der Waals surface area contributed by atoms with E-state index >= 15 is 0 Å². The van der Waals surface area contributed by atoms with Crippen LogP contribution >= 0.6 is 0 Å². The maximum atomic E-state index is 9.75. The summed E-state index contributed by atoms with van der Waals surface area (Å²) < 4.78 is 52.9. The summed E-state index contributed by atoms with van der Waals surface area (Å²) in [5.41, 5.74) is 9.81. The van der Waals surface area contributed by atoms with Gasteiger partial charge in [0.25, 0.3) is 0 Å². The van der Waals surface area contributed by atoms with E-state index in [1.165, 1.54) is 6.92 Å². The first-order valence-corrected chi connectivity index (χ1v) is 22.0. The van der Waals surface area contributed by atoms with Gasteiger partial charge in [0, 0.05) is 30.5 Å². The number of benzene rings is 2. The van der Waals surface area contributed by atoms with Gasteiger partial charge < -0.3 is 33.5 Å². The molecule has 2 rings (SSSR count). The molecule has 0 heterocycles. The number of rotatable bonds is 15. The molecule has 0 aliphatic carbocycles. The molecule has 2 aromatic carbocycles. The zero-order valence-corrected chi connectivity index (χ0v) is 38.8. The number of hydrogen-bond donors (Lipinski definition) is 0. The molecule has 0 saturated carbocycles. The van der Waals surface area contributed by atoms with Gasteiger partial charge in [0.15, 0.2) is 0 Å². The molecule has 0 fully saturated rings. The summed E-state index contributed by atoms with van der Waals surface area (Å²) in [4.78, 5) is 9.81. The van der Waals surface area contributed by atoms with Crippen LogP contribution < -0.4 is 0 Å². The Morgan fingerprint density at radius 2 is 0.865 bits per heavy atom. The quantitative estimate of drug-likeness (QED) is 0.0773. The van der Waals surface area contributed by atoms with Gasteiger partial charge in [-0.2, -0.15) is 5.26 Å². The molecule has 0 amide bonds. The van der Waals surface area contributed by atoms with Crippen LogP contribution in [0, 0.1) is 32.6 Å². The molecule has 52 heavy (non-hydrogen) atoms. The molecular weight excluding hydrogens is 881 g/mol. The van der Waals surface area contributed by atoms with Gasteiger partial charge in [0.1, 0.15) is 0 Å². The van der Waals surface area contributed by atoms with Gasteiger partial charge in [-0.05, 0) is 58.2 Å². The Labute approximate surface area is 331 Å². The van der Waals surface area contributed by atoms with Gasteiger partial charge >= 0.3 is 28.3 Å². The molecule has 0 aromatic heterocycles. The Hall–Kier alpha value is -1.90. The Kier molecular flexibility index (Phi) is 26.4. The van der Waals surface area contributed by atoms with Crippen molar-refractivity contribution in [3.63, 3.8) is 0 Å². The molecule has 0 unspecified atom stereocenters. The van der Waals surface area contributed by atoms with E-state index in [2.05, 4.69) is 133 Å². The minimum Gasteiger partial charge on any atom is -0.418 e. The number of halogens is 4. The van der Waals surface area contributed by atoms with Crippen molar-refractivity contribution in [2.24, 2.45) is 9.98 Å². The third-order valence-corrected chi connectivity index (χ3v) is 21.6. The van der Waals surface area contributed by atoms with E-state index in [1.54, 1.807) is 6.07 Å². The minimum atomic E-state index is -6.00. The van der Waals surface area contributed by atoms with E-state index in [4.69, 9.17) is 24.1 Å². The molecule has 0 aliphatic heterocycles. The molecule has 5 nitrogen and oxygen atoms in total. The summed E-state index contributed by atoms with van der Waals surface area (Å²) in [6.07, 6.45) is 3.66. The van der Waals surface area contributed by atoms with Crippen molar-refractivity contribution in [2.45, 2.75) is 150 Å². The first-order valence-electron chi connectivity index (χ1n) is 17.7. The monoisotopic (exact) mass is 946 g/mol. The van der Waals surface area contributed by atoms with Crippen molar-refractivity contribution in [3.8, 4) is 6.07 Å². The molecule has 0 saturated heterocycles. The average Bonchev–Trinajstić information content (AvgIpc) is 2.96. The molecule has 0 aliphatic rings. The van der Waals surface area contributed by atoms with E-state index in [9.17, 15) is 17.3 Å².